The zero-order valence-electron chi connectivity index (χ0n) is 15.9. The number of pyridine rings is 1. The molecule has 0 aromatic carbocycles. The van der Waals surface area contributed by atoms with Gasteiger partial charge in [0.15, 0.2) is 0 Å². The number of nitrogen functional groups attached to an aromatic ring is 1. The van der Waals surface area contributed by atoms with Crippen LogP contribution in [-0.4, -0.2) is 52.0 Å². The van der Waals surface area contributed by atoms with Crippen molar-refractivity contribution in [3.05, 3.63) is 29.0 Å². The number of halogens is 1. The molecule has 28 heavy (non-hydrogen) atoms. The van der Waals surface area contributed by atoms with Gasteiger partial charge in [-0.25, -0.2) is 4.98 Å². The van der Waals surface area contributed by atoms with E-state index < -0.39 is 0 Å². The van der Waals surface area contributed by atoms with E-state index in [1.54, 1.807) is 6.20 Å². The molecule has 4 fully saturated rings. The normalized spacial score (nSPS) is 30.5. The number of ether oxygens (including phenoxy) is 1. The summed E-state index contributed by atoms with van der Waals surface area (Å²) in [6, 6.07) is 5.38. The molecule has 2 N–H and O–H groups in total. The Balaban J connectivity index is 1.30. The first kappa shape index (κ1) is 17.2. The minimum atomic E-state index is 0.373. The zero-order valence-corrected chi connectivity index (χ0v) is 16.7. The Labute approximate surface area is 170 Å². The molecule has 2 aromatic rings. The molecule has 2 saturated heterocycles. The van der Waals surface area contributed by atoms with Crippen molar-refractivity contribution in [2.75, 3.05) is 32.0 Å². The number of hydrogen-bond acceptors (Lipinski definition) is 5. The van der Waals surface area contributed by atoms with Gasteiger partial charge >= 0.3 is 0 Å². The molecule has 0 bridgehead atoms. The maximum absolute atomic E-state index is 6.22. The molecule has 4 heterocycles. The van der Waals surface area contributed by atoms with Gasteiger partial charge in [0.2, 0.25) is 0 Å². The van der Waals surface area contributed by atoms with Crippen LogP contribution in [0.4, 0.5) is 5.82 Å². The molecule has 6 rings (SSSR count). The lowest BCUT2D eigenvalue weighted by atomic mass is 10.1. The number of aromatic nitrogens is 3. The van der Waals surface area contributed by atoms with Crippen LogP contribution in [0.1, 0.15) is 43.3 Å². The summed E-state index contributed by atoms with van der Waals surface area (Å²) >= 11 is 6.22. The van der Waals surface area contributed by atoms with Crippen LogP contribution in [0.15, 0.2) is 18.3 Å². The third-order valence-corrected chi connectivity index (χ3v) is 7.60. The SMILES string of the molecule is Nc1ncc(-c2cc(C3C4CN(C5COC5)CC43)n(C3CCCC3)n2)cc1Cl. The van der Waals surface area contributed by atoms with Gasteiger partial charge in [0, 0.05) is 36.5 Å². The second-order valence-corrected chi connectivity index (χ2v) is 9.33. The molecular formula is C21H26ClN5O. The quantitative estimate of drug-likeness (QED) is 0.853. The van der Waals surface area contributed by atoms with Gasteiger partial charge in [-0.15, -0.1) is 0 Å². The molecule has 2 unspecified atom stereocenters. The summed E-state index contributed by atoms with van der Waals surface area (Å²) in [6.45, 7) is 4.26. The van der Waals surface area contributed by atoms with Gasteiger partial charge in [-0.1, -0.05) is 24.4 Å². The molecule has 0 radical (unpaired) electrons. The van der Waals surface area contributed by atoms with Crippen LogP contribution in [0.25, 0.3) is 11.3 Å². The number of nitrogens with zero attached hydrogens (tertiary/aromatic N) is 4. The van der Waals surface area contributed by atoms with Crippen molar-refractivity contribution in [1.29, 1.82) is 0 Å². The number of anilines is 1. The standard InChI is InChI=1S/C21H26ClN5O/c22-17-5-12(7-24-21(17)23)18-6-19(27(25-18)13-3-1-2-4-13)20-15-8-26(9-16(15)20)14-10-28-11-14/h5-7,13-16,20H,1-4,8-11H2,(H2,23,24). The lowest BCUT2D eigenvalue weighted by molar-refractivity contribution is -0.0610. The summed E-state index contributed by atoms with van der Waals surface area (Å²) in [6.07, 6.45) is 6.88. The van der Waals surface area contributed by atoms with Gasteiger partial charge in [0.05, 0.1) is 36.0 Å². The molecule has 2 aromatic heterocycles. The fourth-order valence-electron chi connectivity index (χ4n) is 5.56. The van der Waals surface area contributed by atoms with Crippen molar-refractivity contribution in [3.63, 3.8) is 0 Å². The first-order valence-electron chi connectivity index (χ1n) is 10.5. The van der Waals surface area contributed by atoms with Crippen LogP contribution in [0.5, 0.6) is 0 Å². The predicted octanol–water partition coefficient (Wildman–Crippen LogP) is 3.34. The number of fused-ring (bicyclic) bond motifs is 1. The van der Waals surface area contributed by atoms with Gasteiger partial charge in [0.1, 0.15) is 5.82 Å². The predicted molar refractivity (Wildman–Crippen MR) is 108 cm³/mol. The van der Waals surface area contributed by atoms with E-state index in [0.717, 1.165) is 36.3 Å². The molecule has 148 valence electrons. The number of nitrogens with two attached hydrogens (primary N) is 1. The number of likely N-dealkylation sites (tertiary alicyclic amines) is 1. The van der Waals surface area contributed by atoms with Crippen molar-refractivity contribution in [2.24, 2.45) is 11.8 Å². The summed E-state index contributed by atoms with van der Waals surface area (Å²) in [5.41, 5.74) is 9.15. The Morgan fingerprint density at radius 2 is 1.82 bits per heavy atom. The zero-order chi connectivity index (χ0) is 18.8. The van der Waals surface area contributed by atoms with E-state index in [9.17, 15) is 0 Å². The second-order valence-electron chi connectivity index (χ2n) is 8.93. The fraction of sp³-hybridized carbons (Fsp3) is 0.619. The smallest absolute Gasteiger partial charge is 0.142 e. The lowest BCUT2D eigenvalue weighted by Crippen LogP contribution is -2.48. The summed E-state index contributed by atoms with van der Waals surface area (Å²) in [5, 5.41) is 5.54. The Hall–Kier alpha value is -1.63. The highest BCUT2D eigenvalue weighted by Crippen LogP contribution is 2.59. The summed E-state index contributed by atoms with van der Waals surface area (Å²) in [7, 11) is 0. The summed E-state index contributed by atoms with van der Waals surface area (Å²) < 4.78 is 7.74. The van der Waals surface area contributed by atoms with Crippen molar-refractivity contribution in [3.8, 4) is 11.3 Å². The van der Waals surface area contributed by atoms with E-state index in [4.69, 9.17) is 27.2 Å². The third-order valence-electron chi connectivity index (χ3n) is 7.30. The highest BCUT2D eigenvalue weighted by Gasteiger charge is 2.59. The summed E-state index contributed by atoms with van der Waals surface area (Å²) in [5.74, 6) is 2.57. The van der Waals surface area contributed by atoms with Crippen LogP contribution in [-0.2, 0) is 4.74 Å². The van der Waals surface area contributed by atoms with Crippen molar-refractivity contribution in [2.45, 2.75) is 43.7 Å². The Bertz CT molecular complexity index is 892. The first-order valence-corrected chi connectivity index (χ1v) is 10.9. The van der Waals surface area contributed by atoms with Gasteiger partial charge in [-0.3, -0.25) is 9.58 Å². The van der Waals surface area contributed by atoms with Crippen LogP contribution >= 0.6 is 11.6 Å². The average Bonchev–Trinajstić information content (AvgIpc) is 3.15. The van der Waals surface area contributed by atoms with Gasteiger partial charge in [-0.05, 0) is 36.8 Å². The Morgan fingerprint density at radius 1 is 1.07 bits per heavy atom. The maximum Gasteiger partial charge on any atom is 0.142 e. The Kier molecular flexibility index (Phi) is 3.97. The largest absolute Gasteiger partial charge is 0.382 e. The highest BCUT2D eigenvalue weighted by molar-refractivity contribution is 6.33. The van der Waals surface area contributed by atoms with E-state index in [1.165, 1.54) is 44.5 Å². The Morgan fingerprint density at radius 3 is 2.46 bits per heavy atom. The van der Waals surface area contributed by atoms with Gasteiger partial charge in [-0.2, -0.15) is 5.10 Å². The van der Waals surface area contributed by atoms with Gasteiger partial charge in [0.25, 0.3) is 0 Å². The molecular weight excluding hydrogens is 374 g/mol. The van der Waals surface area contributed by atoms with E-state index >= 15 is 0 Å². The number of piperidine rings is 1. The van der Waals surface area contributed by atoms with E-state index in [1.807, 2.05) is 6.07 Å². The average molecular weight is 400 g/mol. The molecule has 0 spiro atoms. The van der Waals surface area contributed by atoms with Crippen LogP contribution in [0.2, 0.25) is 5.02 Å². The maximum atomic E-state index is 6.22. The molecule has 7 heteroatoms. The molecule has 2 aliphatic heterocycles. The van der Waals surface area contributed by atoms with Crippen LogP contribution in [0.3, 0.4) is 0 Å². The second kappa shape index (κ2) is 6.44. The number of hydrogen-bond donors (Lipinski definition) is 1. The molecule has 0 amide bonds. The molecule has 4 aliphatic rings. The number of rotatable bonds is 4. The topological polar surface area (TPSA) is 69.2 Å². The van der Waals surface area contributed by atoms with E-state index in [2.05, 4.69) is 20.6 Å². The van der Waals surface area contributed by atoms with Gasteiger partial charge < -0.3 is 10.5 Å². The minimum Gasteiger partial charge on any atom is -0.382 e. The molecule has 6 nitrogen and oxygen atoms in total. The molecule has 2 saturated carbocycles. The first-order chi connectivity index (χ1) is 13.7. The summed E-state index contributed by atoms with van der Waals surface area (Å²) in [4.78, 5) is 6.87. The lowest BCUT2D eigenvalue weighted by Gasteiger charge is -2.35. The monoisotopic (exact) mass is 399 g/mol. The highest BCUT2D eigenvalue weighted by atomic mass is 35.5. The van der Waals surface area contributed by atoms with E-state index in [0.29, 0.717) is 28.8 Å². The van der Waals surface area contributed by atoms with Crippen molar-refractivity contribution in [1.82, 2.24) is 19.7 Å². The van der Waals surface area contributed by atoms with Crippen molar-refractivity contribution < 1.29 is 4.74 Å². The van der Waals surface area contributed by atoms with Crippen molar-refractivity contribution >= 4 is 17.4 Å². The van der Waals surface area contributed by atoms with Crippen LogP contribution in [0, 0.1) is 11.8 Å². The minimum absolute atomic E-state index is 0.373. The van der Waals surface area contributed by atoms with E-state index in [-0.39, 0.29) is 0 Å². The van der Waals surface area contributed by atoms with Crippen LogP contribution < -0.4 is 5.73 Å². The third kappa shape index (κ3) is 2.69. The molecule has 2 atom stereocenters. The fourth-order valence-corrected chi connectivity index (χ4v) is 5.73. The molecule has 2 aliphatic carbocycles.